The Kier molecular flexibility index (Phi) is 19.2. The number of halogens is 2. The van der Waals surface area contributed by atoms with Crippen LogP contribution in [0.3, 0.4) is 0 Å². The molecule has 2 aromatic rings. The van der Waals surface area contributed by atoms with E-state index in [2.05, 4.69) is 80.4 Å². The van der Waals surface area contributed by atoms with Crippen LogP contribution in [0.2, 0.25) is 0 Å². The van der Waals surface area contributed by atoms with Crippen molar-refractivity contribution < 1.29 is 43.0 Å². The van der Waals surface area contributed by atoms with E-state index >= 15 is 0 Å². The van der Waals surface area contributed by atoms with Crippen molar-refractivity contribution in [3.05, 3.63) is 66.0 Å². The van der Waals surface area contributed by atoms with Gasteiger partial charge in [-0.1, -0.05) is 101 Å². The van der Waals surface area contributed by atoms with E-state index in [-0.39, 0.29) is 34.0 Å². The molecule has 1 aromatic carbocycles. The molecule has 0 saturated carbocycles. The maximum absolute atomic E-state index is 2.38. The first-order valence-corrected chi connectivity index (χ1v) is 12.9. The largest absolute Gasteiger partial charge is 1.00 e. The number of aromatic nitrogens is 1. The van der Waals surface area contributed by atoms with Gasteiger partial charge in [0.25, 0.3) is 0 Å². The zero-order valence-electron chi connectivity index (χ0n) is 21.5. The number of quaternary nitrogens is 1. The van der Waals surface area contributed by atoms with Crippen LogP contribution in [0.25, 0.3) is 0 Å². The van der Waals surface area contributed by atoms with Crippen LogP contribution in [0, 0.1) is 0 Å². The maximum Gasteiger partial charge on any atom is 0.173 e. The van der Waals surface area contributed by atoms with E-state index in [9.17, 15) is 0 Å². The monoisotopic (exact) mass is 582 g/mol. The van der Waals surface area contributed by atoms with E-state index in [1.807, 2.05) is 0 Å². The van der Waals surface area contributed by atoms with E-state index in [0.29, 0.717) is 0 Å². The van der Waals surface area contributed by atoms with Crippen molar-refractivity contribution in [1.29, 1.82) is 0 Å². The molecule has 2 nitrogen and oxygen atoms in total. The van der Waals surface area contributed by atoms with E-state index in [4.69, 9.17) is 0 Å². The fraction of sp³-hybridized carbons (Fsp3) is 0.621. The molecule has 0 amide bonds. The molecule has 0 fully saturated rings. The molecule has 1 aromatic heterocycles. The molecule has 0 spiro atoms. The first-order valence-electron chi connectivity index (χ1n) is 12.9. The molecule has 0 bridgehead atoms. The lowest BCUT2D eigenvalue weighted by Gasteiger charge is -2.30. The molecular weight excluding hydrogens is 536 g/mol. The highest BCUT2D eigenvalue weighted by atomic mass is 79.9. The second-order valence-electron chi connectivity index (χ2n) is 10.1. The van der Waals surface area contributed by atoms with Crippen molar-refractivity contribution in [2.45, 2.75) is 97.1 Å². The van der Waals surface area contributed by atoms with Gasteiger partial charge in [-0.15, -0.1) is 0 Å². The molecule has 0 aliphatic heterocycles. The van der Waals surface area contributed by atoms with Crippen molar-refractivity contribution in [3.8, 4) is 0 Å². The Hall–Kier alpha value is -0.710. The van der Waals surface area contributed by atoms with Crippen LogP contribution in [0.5, 0.6) is 0 Å². The first kappa shape index (κ1) is 32.3. The summed E-state index contributed by atoms with van der Waals surface area (Å²) in [6, 6.07) is 15.5. The van der Waals surface area contributed by atoms with Crippen molar-refractivity contribution >= 4 is 0 Å². The summed E-state index contributed by atoms with van der Waals surface area (Å²) in [5.41, 5.74) is 2.82. The molecule has 2 rings (SSSR count). The van der Waals surface area contributed by atoms with E-state index in [1.165, 1.54) is 94.7 Å². The van der Waals surface area contributed by atoms with Gasteiger partial charge in [-0.3, -0.25) is 0 Å². The van der Waals surface area contributed by atoms with Crippen LogP contribution >= 0.6 is 0 Å². The SMILES string of the molecule is CCCCCCCCCCCCCC[N+](C)(C)Cc1ccc(C[n+]2ccccc2)cc1.[Br-].[Br-]. The van der Waals surface area contributed by atoms with E-state index < -0.39 is 0 Å². The Morgan fingerprint density at radius 1 is 0.606 bits per heavy atom. The number of rotatable bonds is 17. The minimum absolute atomic E-state index is 0. The molecular formula is C29H48Br2N2. The summed E-state index contributed by atoms with van der Waals surface area (Å²) < 4.78 is 3.31. The van der Waals surface area contributed by atoms with Gasteiger partial charge in [0.2, 0.25) is 0 Å². The normalized spacial score (nSPS) is 11.0. The zero-order valence-corrected chi connectivity index (χ0v) is 24.6. The molecule has 0 aliphatic rings. The quantitative estimate of drug-likeness (QED) is 0.150. The highest BCUT2D eigenvalue weighted by molar-refractivity contribution is 5.21. The minimum Gasteiger partial charge on any atom is -1.00 e. The van der Waals surface area contributed by atoms with Gasteiger partial charge in [0, 0.05) is 23.3 Å². The molecule has 0 atom stereocenters. The average Bonchev–Trinajstić information content (AvgIpc) is 2.76. The molecule has 0 aliphatic carbocycles. The van der Waals surface area contributed by atoms with Crippen LogP contribution in [0.4, 0.5) is 0 Å². The third-order valence-electron chi connectivity index (χ3n) is 6.39. The van der Waals surface area contributed by atoms with Crippen molar-refractivity contribution in [3.63, 3.8) is 0 Å². The van der Waals surface area contributed by atoms with Crippen LogP contribution < -0.4 is 38.5 Å². The Bertz CT molecular complexity index is 687. The molecule has 33 heavy (non-hydrogen) atoms. The molecule has 0 unspecified atom stereocenters. The first-order chi connectivity index (χ1) is 15.1. The van der Waals surface area contributed by atoms with Gasteiger partial charge < -0.3 is 38.4 Å². The van der Waals surface area contributed by atoms with Gasteiger partial charge in [-0.2, -0.15) is 0 Å². The molecule has 0 N–H and O–H groups in total. The Labute approximate surface area is 225 Å². The molecule has 188 valence electrons. The maximum atomic E-state index is 2.38. The smallest absolute Gasteiger partial charge is 0.173 e. The number of nitrogens with zero attached hydrogens (tertiary/aromatic N) is 2. The Balaban J connectivity index is 0.00000512. The van der Waals surface area contributed by atoms with Gasteiger partial charge in [0.15, 0.2) is 18.9 Å². The Morgan fingerprint density at radius 3 is 1.58 bits per heavy atom. The van der Waals surface area contributed by atoms with Gasteiger partial charge >= 0.3 is 0 Å². The molecule has 4 heteroatoms. The van der Waals surface area contributed by atoms with E-state index in [1.54, 1.807) is 0 Å². The summed E-state index contributed by atoms with van der Waals surface area (Å²) in [5.74, 6) is 0. The summed E-state index contributed by atoms with van der Waals surface area (Å²) in [6.45, 7) is 5.64. The third kappa shape index (κ3) is 15.7. The Morgan fingerprint density at radius 2 is 1.06 bits per heavy atom. The van der Waals surface area contributed by atoms with Crippen molar-refractivity contribution in [1.82, 2.24) is 0 Å². The van der Waals surface area contributed by atoms with Crippen LogP contribution in [0.15, 0.2) is 54.9 Å². The lowest BCUT2D eigenvalue weighted by Crippen LogP contribution is -3.00. The number of hydrogen-bond donors (Lipinski definition) is 0. The number of benzene rings is 1. The standard InChI is InChI=1S/C29H48N2.2BrH/c1-4-5-6-7-8-9-10-11-12-13-14-18-25-31(2,3)27-29-21-19-28(20-22-29)26-30-23-16-15-17-24-30;;/h15-17,19-24H,4-14,18,25-27H2,1-3H3;2*1H/q+2;;/p-2. The van der Waals surface area contributed by atoms with Crippen molar-refractivity contribution in [2.24, 2.45) is 0 Å². The minimum atomic E-state index is 0. The topological polar surface area (TPSA) is 3.88 Å². The number of hydrogen-bond acceptors (Lipinski definition) is 0. The molecule has 0 saturated heterocycles. The predicted molar refractivity (Wildman–Crippen MR) is 134 cm³/mol. The van der Waals surface area contributed by atoms with Gasteiger partial charge in [0.05, 0.1) is 20.6 Å². The fourth-order valence-electron chi connectivity index (χ4n) is 4.45. The average molecular weight is 585 g/mol. The van der Waals surface area contributed by atoms with Crippen LogP contribution in [-0.2, 0) is 13.1 Å². The second kappa shape index (κ2) is 19.6. The lowest BCUT2D eigenvalue weighted by atomic mass is 10.0. The van der Waals surface area contributed by atoms with Gasteiger partial charge in [-0.05, 0) is 12.8 Å². The van der Waals surface area contributed by atoms with Gasteiger partial charge in [0.1, 0.15) is 6.54 Å². The summed E-state index contributed by atoms with van der Waals surface area (Å²) in [5, 5.41) is 0. The molecule has 0 radical (unpaired) electrons. The summed E-state index contributed by atoms with van der Waals surface area (Å²) in [4.78, 5) is 0. The second-order valence-corrected chi connectivity index (χ2v) is 10.1. The fourth-order valence-corrected chi connectivity index (χ4v) is 4.45. The highest BCUT2D eigenvalue weighted by Crippen LogP contribution is 2.15. The number of pyridine rings is 1. The predicted octanol–water partition coefficient (Wildman–Crippen LogP) is 1.31. The summed E-state index contributed by atoms with van der Waals surface area (Å²) in [6.07, 6.45) is 21.3. The molecule has 1 heterocycles. The summed E-state index contributed by atoms with van der Waals surface area (Å²) in [7, 11) is 4.76. The number of unbranched alkanes of at least 4 members (excludes halogenated alkanes) is 11. The van der Waals surface area contributed by atoms with E-state index in [0.717, 1.165) is 17.6 Å². The lowest BCUT2D eigenvalue weighted by molar-refractivity contribution is -0.903. The van der Waals surface area contributed by atoms with Gasteiger partial charge in [-0.25, -0.2) is 4.57 Å². The zero-order chi connectivity index (χ0) is 22.2. The third-order valence-corrected chi connectivity index (χ3v) is 6.39. The van der Waals surface area contributed by atoms with Crippen molar-refractivity contribution in [2.75, 3.05) is 20.6 Å². The van der Waals surface area contributed by atoms with Crippen LogP contribution in [0.1, 0.15) is 95.1 Å². The summed E-state index contributed by atoms with van der Waals surface area (Å²) >= 11 is 0. The highest BCUT2D eigenvalue weighted by Gasteiger charge is 2.15. The van der Waals surface area contributed by atoms with Crippen LogP contribution in [-0.4, -0.2) is 25.1 Å².